The zero-order chi connectivity index (χ0) is 31.4. The van der Waals surface area contributed by atoms with E-state index in [1.807, 2.05) is 80.6 Å². The Morgan fingerprint density at radius 2 is 1.64 bits per heavy atom. The van der Waals surface area contributed by atoms with E-state index in [1.165, 1.54) is 18.1 Å². The Kier molecular flexibility index (Phi) is 9.46. The minimum absolute atomic E-state index is 0.0842. The van der Waals surface area contributed by atoms with Gasteiger partial charge in [-0.2, -0.15) is 0 Å². The zero-order valence-corrected chi connectivity index (χ0v) is 27.0. The molecule has 0 atom stereocenters. The van der Waals surface area contributed by atoms with E-state index >= 15 is 0 Å². The van der Waals surface area contributed by atoms with E-state index in [4.69, 9.17) is 10.1 Å². The van der Waals surface area contributed by atoms with E-state index in [-0.39, 0.29) is 17.9 Å². The molecule has 5 rings (SSSR count). The number of carbonyl (C=O) groups is 2. The maximum Gasteiger partial charge on any atom is 0.409 e. The lowest BCUT2D eigenvalue weighted by molar-refractivity contribution is 0.0980. The highest BCUT2D eigenvalue weighted by Gasteiger charge is 2.22. The molecule has 2 heterocycles. The molecule has 0 radical (unpaired) electrons. The van der Waals surface area contributed by atoms with Crippen LogP contribution in [-0.2, 0) is 0 Å². The van der Waals surface area contributed by atoms with E-state index in [0.29, 0.717) is 28.4 Å². The Labute approximate surface area is 268 Å². The first kappa shape index (κ1) is 31.0. The fourth-order valence-electron chi connectivity index (χ4n) is 4.60. The van der Waals surface area contributed by atoms with Gasteiger partial charge in [0.15, 0.2) is 5.65 Å². The average molecular weight is 672 g/mol. The molecular formula is C33H31BrN6O3S. The van der Waals surface area contributed by atoms with Crippen molar-refractivity contribution in [3.63, 3.8) is 0 Å². The molecule has 0 fully saturated rings. The lowest BCUT2D eigenvalue weighted by Crippen LogP contribution is -2.37. The Bertz CT molecular complexity index is 1810. The first-order valence-electron chi connectivity index (χ1n) is 14.0. The molecule has 0 aliphatic rings. The molecule has 0 unspecified atom stereocenters. The summed E-state index contributed by atoms with van der Waals surface area (Å²) in [6.45, 7) is 8.13. The molecule has 3 aromatic carbocycles. The van der Waals surface area contributed by atoms with Crippen LogP contribution in [0.5, 0.6) is 0 Å². The number of aromatic nitrogens is 3. The minimum Gasteiger partial charge on any atom is -0.465 e. The molecule has 0 saturated carbocycles. The van der Waals surface area contributed by atoms with Crippen molar-refractivity contribution in [1.29, 1.82) is 0 Å². The van der Waals surface area contributed by atoms with Crippen LogP contribution in [-0.4, -0.2) is 38.1 Å². The maximum absolute atomic E-state index is 14.0. The molecule has 2 aromatic heterocycles. The molecule has 0 saturated heterocycles. The Morgan fingerprint density at radius 1 is 0.909 bits per heavy atom. The van der Waals surface area contributed by atoms with Gasteiger partial charge in [0.2, 0.25) is 0 Å². The fraction of sp³-hybridized carbons (Fsp3) is 0.182. The van der Waals surface area contributed by atoms with E-state index in [1.54, 1.807) is 17.0 Å². The molecular weight excluding hydrogens is 640 g/mol. The Morgan fingerprint density at radius 3 is 2.30 bits per heavy atom. The van der Waals surface area contributed by atoms with Gasteiger partial charge < -0.3 is 15.3 Å². The summed E-state index contributed by atoms with van der Waals surface area (Å²) in [5, 5.41) is 15.6. The van der Waals surface area contributed by atoms with Crippen molar-refractivity contribution in [1.82, 2.24) is 15.0 Å². The SMILES string of the molecule is CC(C)c1ccc2c(Nc3cc(C(=O)N(c4ccc(Br)cc4)C(C)C)ccc3Sc3ccc(NC(=O)O)cc3)ncnc2n1. The second-order valence-electron chi connectivity index (χ2n) is 10.6. The molecule has 0 bridgehead atoms. The molecule has 2 amide bonds. The summed E-state index contributed by atoms with van der Waals surface area (Å²) in [4.78, 5) is 42.1. The van der Waals surface area contributed by atoms with Crippen LogP contribution in [0, 0.1) is 0 Å². The van der Waals surface area contributed by atoms with Crippen molar-refractivity contribution in [2.45, 2.75) is 49.4 Å². The summed E-state index contributed by atoms with van der Waals surface area (Å²) >= 11 is 4.95. The van der Waals surface area contributed by atoms with Crippen LogP contribution in [0.15, 0.2) is 99.5 Å². The molecule has 11 heteroatoms. The number of hydrogen-bond donors (Lipinski definition) is 3. The Hall–Kier alpha value is -4.48. The number of anilines is 4. The van der Waals surface area contributed by atoms with Crippen LogP contribution >= 0.6 is 27.7 Å². The number of halogens is 1. The van der Waals surface area contributed by atoms with Crippen LogP contribution in [0.25, 0.3) is 11.0 Å². The third kappa shape index (κ3) is 7.17. The molecule has 44 heavy (non-hydrogen) atoms. The summed E-state index contributed by atoms with van der Waals surface area (Å²) in [6.07, 6.45) is 0.356. The van der Waals surface area contributed by atoms with Gasteiger partial charge in [0.25, 0.3) is 5.91 Å². The van der Waals surface area contributed by atoms with Crippen LogP contribution in [0.2, 0.25) is 0 Å². The van der Waals surface area contributed by atoms with Crippen LogP contribution in [0.3, 0.4) is 0 Å². The highest BCUT2D eigenvalue weighted by atomic mass is 79.9. The molecule has 0 aliphatic carbocycles. The molecule has 9 nitrogen and oxygen atoms in total. The van der Waals surface area contributed by atoms with Gasteiger partial charge in [-0.05, 0) is 98.6 Å². The fourth-order valence-corrected chi connectivity index (χ4v) is 5.75. The number of carbonyl (C=O) groups excluding carboxylic acids is 1. The third-order valence-electron chi connectivity index (χ3n) is 6.76. The van der Waals surface area contributed by atoms with Crippen LogP contribution in [0.4, 0.5) is 27.7 Å². The van der Waals surface area contributed by atoms with Crippen LogP contribution in [0.1, 0.15) is 49.7 Å². The molecule has 0 aliphatic heterocycles. The van der Waals surface area contributed by atoms with Gasteiger partial charge in [0.05, 0.1) is 11.1 Å². The summed E-state index contributed by atoms with van der Waals surface area (Å²) < 4.78 is 0.934. The summed E-state index contributed by atoms with van der Waals surface area (Å²) in [5.41, 5.74) is 3.98. The molecule has 224 valence electrons. The van der Waals surface area contributed by atoms with Gasteiger partial charge in [0.1, 0.15) is 12.1 Å². The summed E-state index contributed by atoms with van der Waals surface area (Å²) in [7, 11) is 0. The number of hydrogen-bond acceptors (Lipinski definition) is 7. The van der Waals surface area contributed by atoms with Crippen LogP contribution < -0.4 is 15.5 Å². The normalized spacial score (nSPS) is 11.2. The van der Waals surface area contributed by atoms with Gasteiger partial charge in [-0.15, -0.1) is 0 Å². The zero-order valence-electron chi connectivity index (χ0n) is 24.6. The predicted molar refractivity (Wildman–Crippen MR) is 179 cm³/mol. The first-order chi connectivity index (χ1) is 21.1. The number of nitrogens with one attached hydrogen (secondary N) is 2. The quantitative estimate of drug-likeness (QED) is 0.142. The van der Waals surface area contributed by atoms with Gasteiger partial charge in [-0.25, -0.2) is 19.7 Å². The van der Waals surface area contributed by atoms with Crippen molar-refractivity contribution < 1.29 is 14.7 Å². The van der Waals surface area contributed by atoms with Crippen molar-refractivity contribution in [3.05, 3.63) is 101 Å². The van der Waals surface area contributed by atoms with E-state index in [0.717, 1.165) is 31.0 Å². The van der Waals surface area contributed by atoms with Gasteiger partial charge in [-0.3, -0.25) is 10.1 Å². The molecule has 5 aromatic rings. The largest absolute Gasteiger partial charge is 0.465 e. The number of pyridine rings is 1. The maximum atomic E-state index is 14.0. The summed E-state index contributed by atoms with van der Waals surface area (Å²) in [6, 6.07) is 24.2. The standard InChI is InChI=1S/C33H31BrN6O3S/c1-19(2)27-15-14-26-30(38-27)35-18-36-31(26)39-28-17-21(32(41)40(20(3)4)24-10-6-22(34)7-11-24)5-16-29(28)44-25-12-8-23(9-13-25)37-33(42)43/h5-20,37H,1-4H3,(H,42,43)(H,35,36,38,39). The Balaban J connectivity index is 1.55. The molecule has 3 N–H and O–H groups in total. The van der Waals surface area contributed by atoms with E-state index < -0.39 is 6.09 Å². The van der Waals surface area contributed by atoms with E-state index in [2.05, 4.69) is 50.4 Å². The van der Waals surface area contributed by atoms with Crippen molar-refractivity contribution in [3.8, 4) is 0 Å². The lowest BCUT2D eigenvalue weighted by atomic mass is 10.1. The highest BCUT2D eigenvalue weighted by Crippen LogP contribution is 2.37. The number of nitrogens with zero attached hydrogens (tertiary/aromatic N) is 4. The smallest absolute Gasteiger partial charge is 0.409 e. The average Bonchev–Trinajstić information content (AvgIpc) is 2.99. The monoisotopic (exact) mass is 670 g/mol. The van der Waals surface area contributed by atoms with Crippen molar-refractivity contribution in [2.24, 2.45) is 0 Å². The first-order valence-corrected chi connectivity index (χ1v) is 15.6. The van der Waals surface area contributed by atoms with Gasteiger partial charge in [0, 0.05) is 42.9 Å². The van der Waals surface area contributed by atoms with Gasteiger partial charge in [-0.1, -0.05) is 41.5 Å². The number of fused-ring (bicyclic) bond motifs is 1. The minimum atomic E-state index is -1.12. The predicted octanol–water partition coefficient (Wildman–Crippen LogP) is 8.95. The van der Waals surface area contributed by atoms with Crippen molar-refractivity contribution >= 4 is 73.6 Å². The topological polar surface area (TPSA) is 120 Å². The second kappa shape index (κ2) is 13.4. The summed E-state index contributed by atoms with van der Waals surface area (Å²) in [5.74, 6) is 0.684. The second-order valence-corrected chi connectivity index (χ2v) is 12.7. The lowest BCUT2D eigenvalue weighted by Gasteiger charge is -2.27. The third-order valence-corrected chi connectivity index (χ3v) is 8.38. The molecule has 0 spiro atoms. The number of benzene rings is 3. The number of carboxylic acid groups (broad SMARTS) is 1. The van der Waals surface area contributed by atoms with E-state index in [9.17, 15) is 9.59 Å². The number of amides is 2. The highest BCUT2D eigenvalue weighted by molar-refractivity contribution is 9.10. The number of rotatable bonds is 9. The van der Waals surface area contributed by atoms with Crippen molar-refractivity contribution in [2.75, 3.05) is 15.5 Å². The van der Waals surface area contributed by atoms with Gasteiger partial charge >= 0.3 is 6.09 Å².